The Kier molecular flexibility index (Phi) is 12.8. The molecule has 0 amide bonds. The number of hydrogen-bond donors (Lipinski definition) is 0. The number of halogens is 2. The van der Waals surface area contributed by atoms with Gasteiger partial charge in [-0.3, -0.25) is 0 Å². The summed E-state index contributed by atoms with van der Waals surface area (Å²) in [5, 5.41) is 0. The van der Waals surface area contributed by atoms with E-state index in [1.807, 2.05) is 0 Å². The van der Waals surface area contributed by atoms with Crippen molar-refractivity contribution in [2.75, 3.05) is 0 Å². The van der Waals surface area contributed by atoms with Gasteiger partial charge in [0.1, 0.15) is 4.46 Å². The summed E-state index contributed by atoms with van der Waals surface area (Å²) in [6.07, 6.45) is 13.1. The zero-order valence-corrected chi connectivity index (χ0v) is 16.4. The lowest BCUT2D eigenvalue weighted by atomic mass is 10.0. The highest BCUT2D eigenvalue weighted by Gasteiger charge is 2.33. The summed E-state index contributed by atoms with van der Waals surface area (Å²) in [5.41, 5.74) is 0. The highest BCUT2D eigenvalue weighted by Crippen LogP contribution is 2.25. The molecule has 1 unspecified atom stereocenters. The first-order chi connectivity index (χ1) is 9.44. The molecule has 0 radical (unpaired) electrons. The number of alkyl halides is 2. The van der Waals surface area contributed by atoms with Crippen molar-refractivity contribution in [3.63, 3.8) is 0 Å². The molecule has 122 valence electrons. The molecule has 0 bridgehead atoms. The normalized spacial score (nSPS) is 13.9. The molecular weight excluding hydrogens is 307 g/mol. The van der Waals surface area contributed by atoms with E-state index in [1.165, 1.54) is 64.2 Å². The number of rotatable bonds is 13. The second kappa shape index (κ2) is 12.3. The maximum absolute atomic E-state index is 6.33. The number of unbranched alkanes of at least 4 members (excludes halogenated alkanes) is 6. The van der Waals surface area contributed by atoms with Gasteiger partial charge in [-0.25, -0.2) is 0 Å². The molecule has 0 aliphatic heterocycles. The van der Waals surface area contributed by atoms with E-state index >= 15 is 0 Å². The predicted molar refractivity (Wildman–Crippen MR) is 95.4 cm³/mol. The van der Waals surface area contributed by atoms with Gasteiger partial charge in [0.2, 0.25) is 8.32 Å². The van der Waals surface area contributed by atoms with E-state index in [0.29, 0.717) is 6.10 Å². The van der Waals surface area contributed by atoms with Crippen LogP contribution in [0.3, 0.4) is 0 Å². The van der Waals surface area contributed by atoms with Crippen molar-refractivity contribution < 1.29 is 4.43 Å². The molecule has 0 saturated heterocycles. The lowest BCUT2D eigenvalue weighted by Gasteiger charge is -2.30. The third-order valence-electron chi connectivity index (χ3n) is 3.76. The first-order valence-electron chi connectivity index (χ1n) is 8.40. The van der Waals surface area contributed by atoms with Gasteiger partial charge in [0, 0.05) is 6.10 Å². The molecule has 0 N–H and O–H groups in total. The van der Waals surface area contributed by atoms with Crippen LogP contribution in [0, 0.1) is 0 Å². The molecule has 0 saturated carbocycles. The topological polar surface area (TPSA) is 9.23 Å². The van der Waals surface area contributed by atoms with Gasteiger partial charge in [-0.1, -0.05) is 65.2 Å². The molecule has 0 aromatic heterocycles. The minimum Gasteiger partial charge on any atom is -0.412 e. The molecule has 4 heteroatoms. The molecule has 0 rings (SSSR count). The van der Waals surface area contributed by atoms with Crippen LogP contribution in [0.2, 0.25) is 13.1 Å². The average molecular weight is 341 g/mol. The zero-order chi connectivity index (χ0) is 15.4. The lowest BCUT2D eigenvalue weighted by molar-refractivity contribution is 0.164. The highest BCUT2D eigenvalue weighted by molar-refractivity contribution is 6.88. The second-order valence-corrected chi connectivity index (χ2v) is 12.2. The zero-order valence-electron chi connectivity index (χ0n) is 13.9. The Morgan fingerprint density at radius 3 is 1.75 bits per heavy atom. The third kappa shape index (κ3) is 10.5. The quantitative estimate of drug-likeness (QED) is 0.202. The molecule has 20 heavy (non-hydrogen) atoms. The van der Waals surface area contributed by atoms with E-state index in [2.05, 4.69) is 26.9 Å². The predicted octanol–water partition coefficient (Wildman–Crippen LogP) is 6.86. The summed E-state index contributed by atoms with van der Waals surface area (Å²) >= 11 is 12.2. The summed E-state index contributed by atoms with van der Waals surface area (Å²) in [5.74, 6) is 0. The molecule has 0 aromatic rings. The van der Waals surface area contributed by atoms with E-state index < -0.39 is 8.32 Å². The highest BCUT2D eigenvalue weighted by atomic mass is 35.5. The Bertz CT molecular complexity index is 223. The van der Waals surface area contributed by atoms with Crippen molar-refractivity contribution in [3.05, 3.63) is 0 Å². The van der Waals surface area contributed by atoms with Crippen LogP contribution < -0.4 is 0 Å². The van der Waals surface area contributed by atoms with E-state index in [4.69, 9.17) is 27.6 Å². The standard InChI is InChI=1S/C16H34Cl2OSi/c1-5-7-9-10-12-14-15(13-11-8-6-2)19-20(3,4)16(17)18/h15-16H,5-14H2,1-4H3. The Balaban J connectivity index is 4.12. The van der Waals surface area contributed by atoms with Gasteiger partial charge in [-0.15, -0.1) is 23.2 Å². The van der Waals surface area contributed by atoms with E-state index in [1.54, 1.807) is 0 Å². The minimum atomic E-state index is -1.95. The molecule has 0 aliphatic rings. The summed E-state index contributed by atoms with van der Waals surface area (Å²) in [4.78, 5) is 0. The van der Waals surface area contributed by atoms with Crippen molar-refractivity contribution in [3.8, 4) is 0 Å². The molecule has 0 aliphatic carbocycles. The van der Waals surface area contributed by atoms with Crippen LogP contribution in [0.15, 0.2) is 0 Å². The molecule has 0 heterocycles. The Morgan fingerprint density at radius 2 is 1.25 bits per heavy atom. The van der Waals surface area contributed by atoms with Gasteiger partial charge in [0.05, 0.1) is 0 Å². The molecular formula is C16H34Cl2OSi. The van der Waals surface area contributed by atoms with Crippen molar-refractivity contribution in [1.82, 2.24) is 0 Å². The Hall–Kier alpha value is 0.757. The summed E-state index contributed by atoms with van der Waals surface area (Å²) < 4.78 is 5.99. The van der Waals surface area contributed by atoms with Crippen LogP contribution in [0.25, 0.3) is 0 Å². The molecule has 1 nitrogen and oxygen atoms in total. The average Bonchev–Trinajstić information content (AvgIpc) is 2.38. The fourth-order valence-electron chi connectivity index (χ4n) is 2.34. The minimum absolute atomic E-state index is 0.337. The van der Waals surface area contributed by atoms with Gasteiger partial charge in [-0.2, -0.15) is 0 Å². The molecule has 1 atom stereocenters. The third-order valence-corrected chi connectivity index (χ3v) is 8.90. The van der Waals surface area contributed by atoms with Gasteiger partial charge in [0.25, 0.3) is 0 Å². The van der Waals surface area contributed by atoms with E-state index in [9.17, 15) is 0 Å². The largest absolute Gasteiger partial charge is 0.412 e. The van der Waals surface area contributed by atoms with Crippen LogP contribution in [0.1, 0.15) is 78.1 Å². The van der Waals surface area contributed by atoms with Crippen molar-refractivity contribution >= 4 is 31.5 Å². The fraction of sp³-hybridized carbons (Fsp3) is 1.00. The first-order valence-corrected chi connectivity index (χ1v) is 12.3. The van der Waals surface area contributed by atoms with Crippen LogP contribution in [-0.2, 0) is 4.43 Å². The lowest BCUT2D eigenvalue weighted by Crippen LogP contribution is -2.42. The van der Waals surface area contributed by atoms with Gasteiger partial charge < -0.3 is 4.43 Å². The van der Waals surface area contributed by atoms with Crippen molar-refractivity contribution in [2.45, 2.75) is 102 Å². The van der Waals surface area contributed by atoms with Crippen LogP contribution in [0.4, 0.5) is 0 Å². The van der Waals surface area contributed by atoms with Crippen LogP contribution >= 0.6 is 23.2 Å². The Labute approximate surface area is 137 Å². The first kappa shape index (κ1) is 20.8. The van der Waals surface area contributed by atoms with Crippen molar-refractivity contribution in [1.29, 1.82) is 0 Å². The van der Waals surface area contributed by atoms with Gasteiger partial charge in [-0.05, 0) is 25.9 Å². The SMILES string of the molecule is CCCCCCCC(CCCCC)O[Si](C)(C)C(Cl)Cl. The molecule has 0 fully saturated rings. The van der Waals surface area contributed by atoms with Gasteiger partial charge >= 0.3 is 0 Å². The monoisotopic (exact) mass is 340 g/mol. The Morgan fingerprint density at radius 1 is 0.800 bits per heavy atom. The van der Waals surface area contributed by atoms with E-state index in [0.717, 1.165) is 0 Å². The maximum atomic E-state index is 6.33. The van der Waals surface area contributed by atoms with E-state index in [-0.39, 0.29) is 4.46 Å². The van der Waals surface area contributed by atoms with Gasteiger partial charge in [0.15, 0.2) is 0 Å². The van der Waals surface area contributed by atoms with Crippen LogP contribution in [0.5, 0.6) is 0 Å². The van der Waals surface area contributed by atoms with Crippen LogP contribution in [-0.4, -0.2) is 18.9 Å². The number of hydrogen-bond acceptors (Lipinski definition) is 1. The maximum Gasteiger partial charge on any atom is 0.220 e. The smallest absolute Gasteiger partial charge is 0.220 e. The summed E-state index contributed by atoms with van der Waals surface area (Å²) in [6, 6.07) is 0. The fourth-order valence-corrected chi connectivity index (χ4v) is 3.85. The molecule has 0 spiro atoms. The molecule has 0 aromatic carbocycles. The summed E-state index contributed by atoms with van der Waals surface area (Å²) in [6.45, 7) is 8.75. The van der Waals surface area contributed by atoms with Crippen molar-refractivity contribution in [2.24, 2.45) is 0 Å². The summed E-state index contributed by atoms with van der Waals surface area (Å²) in [7, 11) is -1.95. The second-order valence-electron chi connectivity index (χ2n) is 6.34.